The highest BCUT2D eigenvalue weighted by Crippen LogP contribution is 2.01. The SMILES string of the molecule is CC(C)C(NC(=O)n1ccnc1)C(N)=O. The van der Waals surface area contributed by atoms with Crippen LogP contribution in [0.25, 0.3) is 0 Å². The quantitative estimate of drug-likeness (QED) is 0.732. The number of aromatic nitrogens is 2. The molecular weight excluding hydrogens is 196 g/mol. The van der Waals surface area contributed by atoms with Gasteiger partial charge in [0.05, 0.1) is 0 Å². The number of hydrogen-bond acceptors (Lipinski definition) is 3. The first-order valence-electron chi connectivity index (χ1n) is 4.60. The van der Waals surface area contributed by atoms with E-state index in [2.05, 4.69) is 10.3 Å². The highest BCUT2D eigenvalue weighted by atomic mass is 16.2. The lowest BCUT2D eigenvalue weighted by molar-refractivity contribution is -0.120. The van der Waals surface area contributed by atoms with Crippen molar-refractivity contribution in [3.05, 3.63) is 18.7 Å². The number of carbonyl (C=O) groups is 2. The maximum atomic E-state index is 11.5. The first-order valence-corrected chi connectivity index (χ1v) is 4.60. The van der Waals surface area contributed by atoms with Crippen molar-refractivity contribution in [3.8, 4) is 0 Å². The van der Waals surface area contributed by atoms with Crippen LogP contribution in [0.3, 0.4) is 0 Å². The van der Waals surface area contributed by atoms with Crippen molar-refractivity contribution in [1.82, 2.24) is 14.9 Å². The Bertz CT molecular complexity index is 345. The van der Waals surface area contributed by atoms with Crippen LogP contribution in [0, 0.1) is 5.92 Å². The second kappa shape index (κ2) is 4.59. The highest BCUT2D eigenvalue weighted by molar-refractivity contribution is 5.86. The topological polar surface area (TPSA) is 90.0 Å². The van der Waals surface area contributed by atoms with Crippen LogP contribution in [-0.2, 0) is 4.79 Å². The second-order valence-electron chi connectivity index (χ2n) is 3.54. The summed E-state index contributed by atoms with van der Waals surface area (Å²) < 4.78 is 1.25. The third kappa shape index (κ3) is 2.80. The Balaban J connectivity index is 2.67. The van der Waals surface area contributed by atoms with Crippen LogP contribution in [0.1, 0.15) is 13.8 Å². The summed E-state index contributed by atoms with van der Waals surface area (Å²) in [5.74, 6) is -0.589. The molecule has 0 aliphatic carbocycles. The Hall–Kier alpha value is -1.85. The van der Waals surface area contributed by atoms with Gasteiger partial charge in [0.1, 0.15) is 12.4 Å². The largest absolute Gasteiger partial charge is 0.368 e. The average Bonchev–Trinajstić information content (AvgIpc) is 2.65. The fourth-order valence-corrected chi connectivity index (χ4v) is 1.15. The van der Waals surface area contributed by atoms with Crippen LogP contribution in [0.5, 0.6) is 0 Å². The molecule has 1 atom stereocenters. The number of hydrogen-bond donors (Lipinski definition) is 2. The summed E-state index contributed by atoms with van der Waals surface area (Å²) >= 11 is 0. The molecule has 0 aliphatic rings. The van der Waals surface area contributed by atoms with Crippen LogP contribution in [0.15, 0.2) is 18.7 Å². The molecule has 0 saturated carbocycles. The minimum Gasteiger partial charge on any atom is -0.368 e. The first-order chi connectivity index (χ1) is 7.02. The van der Waals surface area contributed by atoms with E-state index in [-0.39, 0.29) is 5.92 Å². The van der Waals surface area contributed by atoms with Crippen molar-refractivity contribution in [1.29, 1.82) is 0 Å². The monoisotopic (exact) mass is 210 g/mol. The molecule has 0 saturated heterocycles. The molecule has 15 heavy (non-hydrogen) atoms. The van der Waals surface area contributed by atoms with Gasteiger partial charge in [-0.3, -0.25) is 9.36 Å². The van der Waals surface area contributed by atoms with E-state index in [1.807, 2.05) is 13.8 Å². The number of carbonyl (C=O) groups excluding carboxylic acids is 2. The number of nitrogens with zero attached hydrogens (tertiary/aromatic N) is 2. The Morgan fingerprint density at radius 2 is 2.13 bits per heavy atom. The third-order valence-corrected chi connectivity index (χ3v) is 1.99. The van der Waals surface area contributed by atoms with Gasteiger partial charge in [0.2, 0.25) is 5.91 Å². The number of rotatable bonds is 3. The number of nitrogens with two attached hydrogens (primary N) is 1. The zero-order valence-electron chi connectivity index (χ0n) is 8.68. The molecule has 0 radical (unpaired) electrons. The van der Waals surface area contributed by atoms with Gasteiger partial charge in [0.25, 0.3) is 0 Å². The maximum absolute atomic E-state index is 11.5. The van der Waals surface area contributed by atoms with E-state index in [0.717, 1.165) is 0 Å². The fraction of sp³-hybridized carbons (Fsp3) is 0.444. The summed E-state index contributed by atoms with van der Waals surface area (Å²) in [6.07, 6.45) is 4.33. The lowest BCUT2D eigenvalue weighted by Gasteiger charge is -2.18. The molecule has 6 nitrogen and oxygen atoms in total. The highest BCUT2D eigenvalue weighted by Gasteiger charge is 2.21. The van der Waals surface area contributed by atoms with E-state index in [9.17, 15) is 9.59 Å². The molecule has 3 N–H and O–H groups in total. The van der Waals surface area contributed by atoms with Gasteiger partial charge >= 0.3 is 6.03 Å². The molecular formula is C9H14N4O2. The number of amides is 2. The molecule has 0 fully saturated rings. The summed E-state index contributed by atoms with van der Waals surface area (Å²) in [5.41, 5.74) is 5.16. The minimum atomic E-state index is -0.667. The van der Waals surface area contributed by atoms with Gasteiger partial charge in [-0.25, -0.2) is 9.78 Å². The average molecular weight is 210 g/mol. The predicted octanol–water partition coefficient (Wildman–Crippen LogP) is -0.0493. The zero-order valence-corrected chi connectivity index (χ0v) is 8.68. The smallest absolute Gasteiger partial charge is 0.327 e. The Kier molecular flexibility index (Phi) is 3.43. The normalized spacial score (nSPS) is 12.5. The number of imidazole rings is 1. The first kappa shape index (κ1) is 11.2. The maximum Gasteiger partial charge on any atom is 0.327 e. The number of nitrogens with one attached hydrogen (secondary N) is 1. The lowest BCUT2D eigenvalue weighted by Crippen LogP contribution is -2.48. The van der Waals surface area contributed by atoms with Crippen LogP contribution in [-0.4, -0.2) is 27.5 Å². The van der Waals surface area contributed by atoms with E-state index < -0.39 is 18.0 Å². The van der Waals surface area contributed by atoms with Crippen molar-refractivity contribution in [2.45, 2.75) is 19.9 Å². The molecule has 1 heterocycles. The Labute approximate surface area is 87.5 Å². The van der Waals surface area contributed by atoms with Crippen molar-refractivity contribution in [3.63, 3.8) is 0 Å². The van der Waals surface area contributed by atoms with Gasteiger partial charge in [-0.2, -0.15) is 0 Å². The minimum absolute atomic E-state index is 0.0463. The van der Waals surface area contributed by atoms with Crippen molar-refractivity contribution < 1.29 is 9.59 Å². The predicted molar refractivity (Wildman–Crippen MR) is 54.0 cm³/mol. The molecule has 1 aromatic heterocycles. The molecule has 0 bridgehead atoms. The third-order valence-electron chi connectivity index (χ3n) is 1.99. The van der Waals surface area contributed by atoms with Crippen LogP contribution >= 0.6 is 0 Å². The van der Waals surface area contributed by atoms with Crippen LogP contribution < -0.4 is 11.1 Å². The summed E-state index contributed by atoms with van der Waals surface area (Å²) in [5, 5.41) is 2.53. The molecule has 6 heteroatoms. The van der Waals surface area contributed by atoms with Crippen molar-refractivity contribution in [2.24, 2.45) is 11.7 Å². The molecule has 1 unspecified atom stereocenters. The van der Waals surface area contributed by atoms with E-state index in [0.29, 0.717) is 0 Å². The van der Waals surface area contributed by atoms with Crippen LogP contribution in [0.2, 0.25) is 0 Å². The molecule has 0 spiro atoms. The second-order valence-corrected chi connectivity index (χ2v) is 3.54. The van der Waals surface area contributed by atoms with Gasteiger partial charge in [-0.15, -0.1) is 0 Å². The van der Waals surface area contributed by atoms with Crippen LogP contribution in [0.4, 0.5) is 4.79 Å². The molecule has 0 aromatic carbocycles. The van der Waals surface area contributed by atoms with Gasteiger partial charge in [0, 0.05) is 12.4 Å². The van der Waals surface area contributed by atoms with Gasteiger partial charge in [-0.1, -0.05) is 13.8 Å². The molecule has 0 aliphatic heterocycles. The molecule has 82 valence electrons. The summed E-state index contributed by atoms with van der Waals surface area (Å²) in [4.78, 5) is 26.3. The van der Waals surface area contributed by atoms with Crippen molar-refractivity contribution in [2.75, 3.05) is 0 Å². The van der Waals surface area contributed by atoms with E-state index in [4.69, 9.17) is 5.73 Å². The Morgan fingerprint density at radius 1 is 1.47 bits per heavy atom. The Morgan fingerprint density at radius 3 is 2.53 bits per heavy atom. The summed E-state index contributed by atoms with van der Waals surface area (Å²) in [6.45, 7) is 3.62. The van der Waals surface area contributed by atoms with E-state index in [1.165, 1.54) is 23.3 Å². The summed E-state index contributed by atoms with van der Waals surface area (Å²) in [6, 6.07) is -1.08. The number of primary amides is 1. The van der Waals surface area contributed by atoms with Gasteiger partial charge < -0.3 is 11.1 Å². The zero-order chi connectivity index (χ0) is 11.4. The van der Waals surface area contributed by atoms with Gasteiger partial charge in [0.15, 0.2) is 0 Å². The molecule has 1 rings (SSSR count). The van der Waals surface area contributed by atoms with Crippen molar-refractivity contribution >= 4 is 11.9 Å². The van der Waals surface area contributed by atoms with E-state index >= 15 is 0 Å². The molecule has 1 aromatic rings. The summed E-state index contributed by atoms with van der Waals surface area (Å²) in [7, 11) is 0. The molecule has 2 amide bonds. The van der Waals surface area contributed by atoms with E-state index in [1.54, 1.807) is 0 Å². The standard InChI is InChI=1S/C9H14N4O2/c1-6(2)7(8(10)14)12-9(15)13-4-3-11-5-13/h3-7H,1-2H3,(H2,10,14)(H,12,15). The van der Waals surface area contributed by atoms with Gasteiger partial charge in [-0.05, 0) is 5.92 Å². The lowest BCUT2D eigenvalue weighted by atomic mass is 10.0. The fourth-order valence-electron chi connectivity index (χ4n) is 1.15.